The maximum Gasteiger partial charge on any atom is 0.417 e. The predicted octanol–water partition coefficient (Wildman–Crippen LogP) is 5.82. The Morgan fingerprint density at radius 2 is 1.78 bits per heavy atom. The smallest absolute Gasteiger partial charge is 0.417 e. The molecular formula is C23H18BrF3N2O3. The molecule has 0 saturated carbocycles. The molecule has 5 nitrogen and oxygen atoms in total. The van der Waals surface area contributed by atoms with Crippen LogP contribution in [0.3, 0.4) is 0 Å². The number of carbonyl (C=O) groups excluding carboxylic acids is 1. The molecule has 32 heavy (non-hydrogen) atoms. The summed E-state index contributed by atoms with van der Waals surface area (Å²) in [7, 11) is 1.48. The summed E-state index contributed by atoms with van der Waals surface area (Å²) < 4.78 is 51.3. The van der Waals surface area contributed by atoms with Crippen molar-refractivity contribution in [3.8, 4) is 11.5 Å². The Kier molecular flexibility index (Phi) is 7.53. The van der Waals surface area contributed by atoms with Gasteiger partial charge in [0.2, 0.25) is 0 Å². The van der Waals surface area contributed by atoms with Crippen LogP contribution in [-0.4, -0.2) is 19.2 Å². The van der Waals surface area contributed by atoms with Crippen molar-refractivity contribution in [2.24, 2.45) is 5.10 Å². The fourth-order valence-electron chi connectivity index (χ4n) is 2.78. The molecule has 9 heteroatoms. The molecule has 0 spiro atoms. The Hall–Kier alpha value is -3.33. The van der Waals surface area contributed by atoms with Crippen LogP contribution in [0.25, 0.3) is 0 Å². The largest absolute Gasteiger partial charge is 0.493 e. The predicted molar refractivity (Wildman–Crippen MR) is 118 cm³/mol. The van der Waals surface area contributed by atoms with Crippen molar-refractivity contribution in [1.82, 2.24) is 5.43 Å². The third kappa shape index (κ3) is 6.10. The Morgan fingerprint density at radius 3 is 2.47 bits per heavy atom. The number of ether oxygens (including phenoxy) is 2. The van der Waals surface area contributed by atoms with E-state index in [0.717, 1.165) is 22.2 Å². The van der Waals surface area contributed by atoms with Crippen molar-refractivity contribution < 1.29 is 27.4 Å². The van der Waals surface area contributed by atoms with Gasteiger partial charge >= 0.3 is 6.18 Å². The molecule has 3 aromatic rings. The summed E-state index contributed by atoms with van der Waals surface area (Å²) in [5, 5.41) is 3.76. The average molecular weight is 507 g/mol. The highest BCUT2D eigenvalue weighted by molar-refractivity contribution is 9.10. The van der Waals surface area contributed by atoms with Crippen LogP contribution in [0.15, 0.2) is 76.3 Å². The molecule has 0 aromatic heterocycles. The number of hydrazone groups is 1. The highest BCUT2D eigenvalue weighted by Gasteiger charge is 2.34. The molecule has 0 heterocycles. The second-order valence-corrected chi connectivity index (χ2v) is 7.48. The number of hydrogen-bond acceptors (Lipinski definition) is 4. The molecule has 0 unspecified atom stereocenters. The minimum atomic E-state index is -4.64. The van der Waals surface area contributed by atoms with Gasteiger partial charge in [0.15, 0.2) is 11.5 Å². The molecule has 0 saturated heterocycles. The lowest BCUT2D eigenvalue weighted by molar-refractivity contribution is -0.137. The van der Waals surface area contributed by atoms with E-state index in [-0.39, 0.29) is 0 Å². The number of carbonyl (C=O) groups is 1. The Bertz CT molecular complexity index is 1120. The standard InChI is InChI=1S/C23H18BrF3N2O3/c1-31-21-12-16(8-11-20(21)32-14-15-6-9-17(24)10-7-15)13-28-29-22(30)18-4-2-3-5-19(18)23(25,26)27/h2-13H,14H2,1H3,(H,29,30)/b28-13+. The van der Waals surface area contributed by atoms with Crippen LogP contribution in [0.1, 0.15) is 27.0 Å². The van der Waals surface area contributed by atoms with Crippen molar-refractivity contribution in [2.75, 3.05) is 7.11 Å². The second kappa shape index (κ2) is 10.3. The van der Waals surface area contributed by atoms with E-state index in [0.29, 0.717) is 23.7 Å². The van der Waals surface area contributed by atoms with Gasteiger partial charge in [-0.05, 0) is 53.6 Å². The molecule has 166 valence electrons. The van der Waals surface area contributed by atoms with Gasteiger partial charge in [0.05, 0.1) is 24.5 Å². The van der Waals surface area contributed by atoms with Gasteiger partial charge in [-0.25, -0.2) is 5.43 Å². The molecule has 0 fully saturated rings. The van der Waals surface area contributed by atoms with Gasteiger partial charge in [-0.15, -0.1) is 0 Å². The second-order valence-electron chi connectivity index (χ2n) is 6.57. The number of methoxy groups -OCH3 is 1. The summed E-state index contributed by atoms with van der Waals surface area (Å²) in [6.45, 7) is 0.339. The van der Waals surface area contributed by atoms with Gasteiger partial charge in [-0.3, -0.25) is 4.79 Å². The number of hydrogen-bond donors (Lipinski definition) is 1. The number of nitrogens with one attached hydrogen (secondary N) is 1. The summed E-state index contributed by atoms with van der Waals surface area (Å²) in [4.78, 5) is 12.1. The van der Waals surface area contributed by atoms with Gasteiger partial charge in [0, 0.05) is 4.47 Å². The summed E-state index contributed by atoms with van der Waals surface area (Å²) in [6.07, 6.45) is -3.34. The molecule has 3 aromatic carbocycles. The van der Waals surface area contributed by atoms with E-state index in [1.807, 2.05) is 24.3 Å². The maximum absolute atomic E-state index is 13.1. The first-order valence-corrected chi connectivity index (χ1v) is 10.1. The van der Waals surface area contributed by atoms with Crippen LogP contribution >= 0.6 is 15.9 Å². The third-order valence-electron chi connectivity index (χ3n) is 4.35. The van der Waals surface area contributed by atoms with Gasteiger partial charge in [0.25, 0.3) is 5.91 Å². The maximum atomic E-state index is 13.1. The van der Waals surface area contributed by atoms with Gasteiger partial charge in [-0.1, -0.05) is 40.2 Å². The minimum Gasteiger partial charge on any atom is -0.493 e. The van der Waals surface area contributed by atoms with Crippen molar-refractivity contribution in [2.45, 2.75) is 12.8 Å². The van der Waals surface area contributed by atoms with E-state index in [9.17, 15) is 18.0 Å². The van der Waals surface area contributed by atoms with Gasteiger partial charge in [-0.2, -0.15) is 18.3 Å². The zero-order valence-electron chi connectivity index (χ0n) is 16.8. The van der Waals surface area contributed by atoms with Crippen LogP contribution in [-0.2, 0) is 12.8 Å². The summed E-state index contributed by atoms with van der Waals surface area (Å²) >= 11 is 3.38. The van der Waals surface area contributed by atoms with E-state index >= 15 is 0 Å². The molecule has 0 aliphatic carbocycles. The zero-order chi connectivity index (χ0) is 23.1. The van der Waals surface area contributed by atoms with Crippen LogP contribution in [0.5, 0.6) is 11.5 Å². The van der Waals surface area contributed by atoms with E-state index in [2.05, 4.69) is 26.5 Å². The van der Waals surface area contributed by atoms with E-state index < -0.39 is 23.2 Å². The van der Waals surface area contributed by atoms with Crippen LogP contribution < -0.4 is 14.9 Å². The van der Waals surface area contributed by atoms with Crippen LogP contribution in [0.2, 0.25) is 0 Å². The summed E-state index contributed by atoms with van der Waals surface area (Å²) in [5.74, 6) is -0.00824. The fraction of sp³-hybridized carbons (Fsp3) is 0.130. The number of rotatable bonds is 7. The lowest BCUT2D eigenvalue weighted by atomic mass is 10.1. The molecule has 1 N–H and O–H groups in total. The molecule has 0 bridgehead atoms. The molecule has 0 aliphatic rings. The van der Waals surface area contributed by atoms with Crippen LogP contribution in [0, 0.1) is 0 Å². The van der Waals surface area contributed by atoms with Crippen molar-refractivity contribution >= 4 is 28.1 Å². The first kappa shape index (κ1) is 23.3. The lowest BCUT2D eigenvalue weighted by Gasteiger charge is -2.12. The summed E-state index contributed by atoms with van der Waals surface area (Å²) in [6, 6.07) is 17.2. The van der Waals surface area contributed by atoms with E-state index in [4.69, 9.17) is 9.47 Å². The molecule has 3 rings (SSSR count). The summed E-state index contributed by atoms with van der Waals surface area (Å²) in [5.41, 5.74) is 2.12. The van der Waals surface area contributed by atoms with Gasteiger partial charge < -0.3 is 9.47 Å². The number of nitrogens with zero attached hydrogens (tertiary/aromatic N) is 1. The molecule has 0 aliphatic heterocycles. The van der Waals surface area contributed by atoms with Crippen molar-refractivity contribution in [3.63, 3.8) is 0 Å². The number of alkyl halides is 3. The lowest BCUT2D eigenvalue weighted by Crippen LogP contribution is -2.22. The third-order valence-corrected chi connectivity index (χ3v) is 4.88. The highest BCUT2D eigenvalue weighted by Crippen LogP contribution is 2.32. The van der Waals surface area contributed by atoms with Crippen molar-refractivity contribution in [1.29, 1.82) is 0 Å². The topological polar surface area (TPSA) is 59.9 Å². The Balaban J connectivity index is 1.66. The SMILES string of the molecule is COc1cc(/C=N/NC(=O)c2ccccc2C(F)(F)F)ccc1OCc1ccc(Br)cc1. The van der Waals surface area contributed by atoms with E-state index in [1.165, 1.54) is 25.5 Å². The minimum absolute atomic E-state index is 0.339. The molecule has 0 radical (unpaired) electrons. The highest BCUT2D eigenvalue weighted by atomic mass is 79.9. The number of halogens is 4. The quantitative estimate of drug-likeness (QED) is 0.324. The average Bonchev–Trinajstić information content (AvgIpc) is 2.78. The van der Waals surface area contributed by atoms with E-state index in [1.54, 1.807) is 18.2 Å². The Labute approximate surface area is 191 Å². The van der Waals surface area contributed by atoms with Crippen molar-refractivity contribution in [3.05, 3.63) is 93.5 Å². The fourth-order valence-corrected chi connectivity index (χ4v) is 3.04. The van der Waals surface area contributed by atoms with Crippen LogP contribution in [0.4, 0.5) is 13.2 Å². The molecule has 0 atom stereocenters. The first-order chi connectivity index (χ1) is 15.3. The first-order valence-electron chi connectivity index (χ1n) is 9.33. The number of benzene rings is 3. The van der Waals surface area contributed by atoms with Gasteiger partial charge in [0.1, 0.15) is 6.61 Å². The zero-order valence-corrected chi connectivity index (χ0v) is 18.4. The monoisotopic (exact) mass is 506 g/mol. The molecule has 1 amide bonds. The normalized spacial score (nSPS) is 11.4. The number of amides is 1. The molecular weight excluding hydrogens is 489 g/mol. The Morgan fingerprint density at radius 1 is 1.06 bits per heavy atom.